The molecule has 0 saturated heterocycles. The van der Waals surface area contributed by atoms with Crippen LogP contribution in [0.15, 0.2) is 24.3 Å². The first-order valence-electron chi connectivity index (χ1n) is 6.61. The summed E-state index contributed by atoms with van der Waals surface area (Å²) >= 11 is 0. The van der Waals surface area contributed by atoms with E-state index in [2.05, 4.69) is 4.72 Å². The zero-order valence-electron chi connectivity index (χ0n) is 12.0. The highest BCUT2D eigenvalue weighted by Crippen LogP contribution is 2.13. The van der Waals surface area contributed by atoms with E-state index in [1.165, 1.54) is 0 Å². The van der Waals surface area contributed by atoms with Crippen LogP contribution in [0.5, 0.6) is 0 Å². The molecule has 1 rings (SSSR count). The van der Waals surface area contributed by atoms with Crippen molar-refractivity contribution in [1.82, 2.24) is 0 Å². The molecule has 1 N–H and O–H groups in total. The van der Waals surface area contributed by atoms with E-state index in [-0.39, 0.29) is 11.7 Å². The third-order valence-corrected chi connectivity index (χ3v) is 4.04. The van der Waals surface area contributed by atoms with E-state index in [1.54, 1.807) is 24.3 Å². The molecule has 1 aromatic carbocycles. The molecule has 0 fully saturated rings. The molecule has 0 aliphatic carbocycles. The maximum Gasteiger partial charge on any atom is 0.338 e. The van der Waals surface area contributed by atoms with Gasteiger partial charge in [-0.2, -0.15) is 0 Å². The van der Waals surface area contributed by atoms with Gasteiger partial charge in [-0.05, 0) is 36.6 Å². The fraction of sp³-hybridized carbons (Fsp3) is 0.500. The molecule has 0 aromatic heterocycles. The number of sulfonamides is 1. The van der Waals surface area contributed by atoms with Crippen molar-refractivity contribution in [3.63, 3.8) is 0 Å². The number of rotatable bonds is 7. The molecule has 0 aliphatic heterocycles. The Morgan fingerprint density at radius 3 is 2.35 bits per heavy atom. The highest BCUT2D eigenvalue weighted by atomic mass is 32.2. The number of anilines is 1. The third kappa shape index (κ3) is 5.61. The van der Waals surface area contributed by atoms with E-state index in [1.807, 2.05) is 20.8 Å². The highest BCUT2D eigenvalue weighted by Gasteiger charge is 2.13. The summed E-state index contributed by atoms with van der Waals surface area (Å²) in [6, 6.07) is 6.21. The predicted molar refractivity (Wildman–Crippen MR) is 79.3 cm³/mol. The van der Waals surface area contributed by atoms with Gasteiger partial charge in [0, 0.05) is 5.69 Å². The van der Waals surface area contributed by atoms with Gasteiger partial charge in [0.2, 0.25) is 10.0 Å². The van der Waals surface area contributed by atoms with Crippen molar-refractivity contribution in [1.29, 1.82) is 0 Å². The zero-order valence-corrected chi connectivity index (χ0v) is 12.9. The molecular formula is C14H21NO4S. The molecule has 112 valence electrons. The van der Waals surface area contributed by atoms with Crippen molar-refractivity contribution in [2.45, 2.75) is 27.2 Å². The Hall–Kier alpha value is -1.56. The minimum absolute atomic E-state index is 0.0517. The summed E-state index contributed by atoms with van der Waals surface area (Å²) in [6.07, 6.45) is 0.763. The second-order valence-corrected chi connectivity index (χ2v) is 6.76. The van der Waals surface area contributed by atoms with Crippen LogP contribution in [0, 0.1) is 5.92 Å². The first kappa shape index (κ1) is 16.5. The first-order valence-corrected chi connectivity index (χ1v) is 8.27. The molecule has 0 spiro atoms. The maximum atomic E-state index is 11.8. The average Bonchev–Trinajstić information content (AvgIpc) is 2.34. The van der Waals surface area contributed by atoms with E-state index in [0.29, 0.717) is 17.9 Å². The van der Waals surface area contributed by atoms with Crippen LogP contribution in [-0.2, 0) is 14.8 Å². The molecule has 0 amide bonds. The lowest BCUT2D eigenvalue weighted by Crippen LogP contribution is -2.20. The van der Waals surface area contributed by atoms with E-state index in [9.17, 15) is 13.2 Å². The standard InChI is InChI=1S/C14H21NO4S/c1-4-9-19-14(16)12-5-7-13(8-6-12)15-20(17,18)10-11(2)3/h5-8,11,15H,4,9-10H2,1-3H3. The molecule has 0 radical (unpaired) electrons. The minimum Gasteiger partial charge on any atom is -0.462 e. The van der Waals surface area contributed by atoms with Gasteiger partial charge < -0.3 is 4.74 Å². The number of hydrogen-bond acceptors (Lipinski definition) is 4. The Balaban J connectivity index is 2.70. The molecule has 5 nitrogen and oxygen atoms in total. The second kappa shape index (κ2) is 7.28. The molecule has 1 aromatic rings. The van der Waals surface area contributed by atoms with Gasteiger partial charge in [0.15, 0.2) is 0 Å². The number of nitrogens with one attached hydrogen (secondary N) is 1. The summed E-state index contributed by atoms with van der Waals surface area (Å²) in [5, 5.41) is 0. The van der Waals surface area contributed by atoms with Gasteiger partial charge in [-0.25, -0.2) is 13.2 Å². The Bertz CT molecular complexity index is 535. The molecule has 6 heteroatoms. The van der Waals surface area contributed by atoms with Crippen molar-refractivity contribution >= 4 is 21.7 Å². The van der Waals surface area contributed by atoms with Crippen LogP contribution in [-0.4, -0.2) is 26.7 Å². The van der Waals surface area contributed by atoms with Crippen LogP contribution in [0.4, 0.5) is 5.69 Å². The first-order chi connectivity index (χ1) is 9.34. The smallest absolute Gasteiger partial charge is 0.338 e. The molecule has 20 heavy (non-hydrogen) atoms. The number of carbonyl (C=O) groups is 1. The Kier molecular flexibility index (Phi) is 6.01. The van der Waals surface area contributed by atoms with Crippen molar-refractivity contribution in [3.8, 4) is 0 Å². The SMILES string of the molecule is CCCOC(=O)c1ccc(NS(=O)(=O)CC(C)C)cc1. The fourth-order valence-electron chi connectivity index (χ4n) is 1.61. The summed E-state index contributed by atoms with van der Waals surface area (Å²) in [6.45, 7) is 5.97. The van der Waals surface area contributed by atoms with Gasteiger partial charge >= 0.3 is 5.97 Å². The van der Waals surface area contributed by atoms with E-state index in [0.717, 1.165) is 6.42 Å². The molecule has 0 heterocycles. The van der Waals surface area contributed by atoms with Crippen molar-refractivity contribution < 1.29 is 17.9 Å². The fourth-order valence-corrected chi connectivity index (χ4v) is 3.07. The lowest BCUT2D eigenvalue weighted by Gasteiger charge is -2.10. The molecule has 0 aliphatic rings. The quantitative estimate of drug-likeness (QED) is 0.786. The zero-order chi connectivity index (χ0) is 15.2. The van der Waals surface area contributed by atoms with E-state index < -0.39 is 16.0 Å². The van der Waals surface area contributed by atoms with Crippen LogP contribution in [0.2, 0.25) is 0 Å². The largest absolute Gasteiger partial charge is 0.462 e. The van der Waals surface area contributed by atoms with Gasteiger partial charge in [-0.1, -0.05) is 20.8 Å². The Morgan fingerprint density at radius 1 is 1.25 bits per heavy atom. The summed E-state index contributed by atoms with van der Waals surface area (Å²) in [7, 11) is -3.35. The number of ether oxygens (including phenoxy) is 1. The van der Waals surface area contributed by atoms with Crippen LogP contribution >= 0.6 is 0 Å². The van der Waals surface area contributed by atoms with Crippen molar-refractivity contribution in [3.05, 3.63) is 29.8 Å². The summed E-state index contributed by atoms with van der Waals surface area (Å²) in [4.78, 5) is 11.6. The predicted octanol–water partition coefficient (Wildman–Crippen LogP) is 2.65. The van der Waals surface area contributed by atoms with Crippen molar-refractivity contribution in [2.75, 3.05) is 17.1 Å². The molecule has 0 atom stereocenters. The monoisotopic (exact) mass is 299 g/mol. The van der Waals surface area contributed by atoms with E-state index in [4.69, 9.17) is 4.74 Å². The summed E-state index contributed by atoms with van der Waals surface area (Å²) in [5.41, 5.74) is 0.850. The van der Waals surface area contributed by atoms with Crippen LogP contribution in [0.25, 0.3) is 0 Å². The molecule has 0 unspecified atom stereocenters. The van der Waals surface area contributed by atoms with Crippen LogP contribution in [0.1, 0.15) is 37.6 Å². The lowest BCUT2D eigenvalue weighted by molar-refractivity contribution is 0.0505. The maximum absolute atomic E-state index is 11.8. The number of hydrogen-bond donors (Lipinski definition) is 1. The van der Waals surface area contributed by atoms with Gasteiger partial charge in [-0.15, -0.1) is 0 Å². The highest BCUT2D eigenvalue weighted by molar-refractivity contribution is 7.92. The number of benzene rings is 1. The Morgan fingerprint density at radius 2 is 1.85 bits per heavy atom. The molecule has 0 bridgehead atoms. The van der Waals surface area contributed by atoms with Gasteiger partial charge in [0.1, 0.15) is 0 Å². The second-order valence-electron chi connectivity index (χ2n) is 4.99. The summed E-state index contributed by atoms with van der Waals surface area (Å²) in [5.74, 6) is -0.285. The molecule has 0 saturated carbocycles. The van der Waals surface area contributed by atoms with E-state index >= 15 is 0 Å². The van der Waals surface area contributed by atoms with Gasteiger partial charge in [-0.3, -0.25) is 4.72 Å². The van der Waals surface area contributed by atoms with Crippen molar-refractivity contribution in [2.24, 2.45) is 5.92 Å². The van der Waals surface area contributed by atoms with Gasteiger partial charge in [0.25, 0.3) is 0 Å². The van der Waals surface area contributed by atoms with Crippen LogP contribution in [0.3, 0.4) is 0 Å². The lowest BCUT2D eigenvalue weighted by atomic mass is 10.2. The normalized spacial score (nSPS) is 11.4. The summed E-state index contributed by atoms with van der Waals surface area (Å²) < 4.78 is 31.0. The number of esters is 1. The minimum atomic E-state index is -3.35. The van der Waals surface area contributed by atoms with Gasteiger partial charge in [0.05, 0.1) is 17.9 Å². The third-order valence-electron chi connectivity index (χ3n) is 2.38. The molecular weight excluding hydrogens is 278 g/mol. The van der Waals surface area contributed by atoms with Crippen LogP contribution < -0.4 is 4.72 Å². The Labute approximate surface area is 120 Å². The topological polar surface area (TPSA) is 72.5 Å². The number of carbonyl (C=O) groups excluding carboxylic acids is 1. The average molecular weight is 299 g/mol.